The lowest BCUT2D eigenvalue weighted by Gasteiger charge is -2.14. The second-order valence-electron chi connectivity index (χ2n) is 6.74. The second-order valence-corrected chi connectivity index (χ2v) is 8.51. The van der Waals surface area contributed by atoms with Crippen LogP contribution in [0.3, 0.4) is 0 Å². The predicted molar refractivity (Wildman–Crippen MR) is 108 cm³/mol. The average molecular weight is 446 g/mol. The van der Waals surface area contributed by atoms with Crippen LogP contribution in [0.5, 0.6) is 0 Å². The van der Waals surface area contributed by atoms with Gasteiger partial charge in [0.15, 0.2) is 0 Å². The highest BCUT2D eigenvalue weighted by Crippen LogP contribution is 2.26. The summed E-state index contributed by atoms with van der Waals surface area (Å²) in [5.74, 6) is -2.22. The standard InChI is InChI=1S/C19H18N4O7S/c1-12-2-5-14(6-3-12)31(29,30)21-9-8-20-17(24)11-22-18(25)15-7-4-13(23(27)28)10-16(15)19(22)26/h2-7,10,21H,8-9,11H2,1H3,(H,20,24). The van der Waals surface area contributed by atoms with E-state index in [-0.39, 0.29) is 34.8 Å². The first-order valence-corrected chi connectivity index (χ1v) is 10.6. The maximum Gasteiger partial charge on any atom is 0.270 e. The van der Waals surface area contributed by atoms with Gasteiger partial charge in [0.2, 0.25) is 15.9 Å². The highest BCUT2D eigenvalue weighted by atomic mass is 32.2. The highest BCUT2D eigenvalue weighted by molar-refractivity contribution is 7.89. The van der Waals surface area contributed by atoms with E-state index in [9.17, 15) is 32.9 Å². The van der Waals surface area contributed by atoms with Crippen molar-refractivity contribution < 1.29 is 27.7 Å². The zero-order valence-electron chi connectivity index (χ0n) is 16.3. The van der Waals surface area contributed by atoms with Gasteiger partial charge < -0.3 is 5.32 Å². The minimum Gasteiger partial charge on any atom is -0.353 e. The zero-order valence-corrected chi connectivity index (χ0v) is 17.1. The molecule has 0 radical (unpaired) electrons. The monoisotopic (exact) mass is 446 g/mol. The first-order valence-electron chi connectivity index (χ1n) is 9.08. The molecule has 11 nitrogen and oxygen atoms in total. The Kier molecular flexibility index (Phi) is 6.13. The van der Waals surface area contributed by atoms with Crippen LogP contribution >= 0.6 is 0 Å². The molecule has 1 aliphatic heterocycles. The van der Waals surface area contributed by atoms with Crippen LogP contribution in [0.2, 0.25) is 0 Å². The molecule has 0 aliphatic carbocycles. The number of non-ortho nitro benzene ring substituents is 1. The zero-order chi connectivity index (χ0) is 22.8. The summed E-state index contributed by atoms with van der Waals surface area (Å²) < 4.78 is 26.7. The topological polar surface area (TPSA) is 156 Å². The molecule has 3 amide bonds. The normalized spacial score (nSPS) is 13.3. The van der Waals surface area contributed by atoms with Crippen molar-refractivity contribution in [3.63, 3.8) is 0 Å². The third kappa shape index (κ3) is 4.75. The number of amides is 3. The Hall–Kier alpha value is -3.64. The molecule has 0 saturated carbocycles. The van der Waals surface area contributed by atoms with E-state index in [4.69, 9.17) is 0 Å². The molecule has 0 spiro atoms. The summed E-state index contributed by atoms with van der Waals surface area (Å²) in [4.78, 5) is 47.7. The van der Waals surface area contributed by atoms with E-state index >= 15 is 0 Å². The van der Waals surface area contributed by atoms with Gasteiger partial charge in [0.1, 0.15) is 6.54 Å². The van der Waals surface area contributed by atoms with Crippen LogP contribution in [0.25, 0.3) is 0 Å². The van der Waals surface area contributed by atoms with Gasteiger partial charge in [-0.1, -0.05) is 17.7 Å². The molecule has 162 valence electrons. The van der Waals surface area contributed by atoms with Gasteiger partial charge in [-0.15, -0.1) is 0 Å². The summed E-state index contributed by atoms with van der Waals surface area (Å²) in [6, 6.07) is 9.51. The van der Waals surface area contributed by atoms with Gasteiger partial charge in [-0.05, 0) is 25.1 Å². The molecule has 2 N–H and O–H groups in total. The smallest absolute Gasteiger partial charge is 0.270 e. The molecule has 0 unspecified atom stereocenters. The van der Waals surface area contributed by atoms with Crippen molar-refractivity contribution >= 4 is 33.4 Å². The first-order chi connectivity index (χ1) is 14.6. The van der Waals surface area contributed by atoms with Crippen LogP contribution in [0.15, 0.2) is 47.4 Å². The third-order valence-corrected chi connectivity index (χ3v) is 6.01. The SMILES string of the molecule is Cc1ccc(S(=O)(=O)NCCNC(=O)CN2C(=O)c3ccc([N+](=O)[O-])cc3C2=O)cc1. The molecule has 0 fully saturated rings. The third-order valence-electron chi connectivity index (χ3n) is 4.54. The number of carbonyl (C=O) groups excluding carboxylic acids is 3. The van der Waals surface area contributed by atoms with E-state index in [1.165, 1.54) is 18.2 Å². The summed E-state index contributed by atoms with van der Waals surface area (Å²) in [5, 5.41) is 13.3. The number of rotatable bonds is 8. The summed E-state index contributed by atoms with van der Waals surface area (Å²) in [6.45, 7) is 1.06. The van der Waals surface area contributed by atoms with Crippen LogP contribution < -0.4 is 10.0 Å². The average Bonchev–Trinajstić information content (AvgIpc) is 2.96. The molecular formula is C19H18N4O7S. The van der Waals surface area contributed by atoms with Crippen LogP contribution in [0.4, 0.5) is 5.69 Å². The summed E-state index contributed by atoms with van der Waals surface area (Å²) in [6.07, 6.45) is 0. The van der Waals surface area contributed by atoms with Gasteiger partial charge >= 0.3 is 0 Å². The number of nitro groups is 1. The largest absolute Gasteiger partial charge is 0.353 e. The van der Waals surface area contributed by atoms with Crippen molar-refractivity contribution in [1.29, 1.82) is 0 Å². The van der Waals surface area contributed by atoms with Crippen LogP contribution in [0.1, 0.15) is 26.3 Å². The van der Waals surface area contributed by atoms with E-state index in [0.717, 1.165) is 17.7 Å². The number of fused-ring (bicyclic) bond motifs is 1. The van der Waals surface area contributed by atoms with Crippen molar-refractivity contribution in [2.45, 2.75) is 11.8 Å². The fraction of sp³-hybridized carbons (Fsp3) is 0.211. The minimum atomic E-state index is -3.74. The van der Waals surface area contributed by atoms with Crippen molar-refractivity contribution in [3.05, 3.63) is 69.3 Å². The highest BCUT2D eigenvalue weighted by Gasteiger charge is 2.37. The molecule has 1 aliphatic rings. The molecule has 0 aromatic heterocycles. The number of carbonyl (C=O) groups is 3. The van der Waals surface area contributed by atoms with Crippen molar-refractivity contribution in [2.24, 2.45) is 0 Å². The van der Waals surface area contributed by atoms with Crippen molar-refractivity contribution in [3.8, 4) is 0 Å². The predicted octanol–water partition coefficient (Wildman–Crippen LogP) is 0.594. The van der Waals surface area contributed by atoms with Gasteiger partial charge in [0.25, 0.3) is 17.5 Å². The fourth-order valence-corrected chi connectivity index (χ4v) is 3.96. The van der Waals surface area contributed by atoms with E-state index in [0.29, 0.717) is 4.90 Å². The van der Waals surface area contributed by atoms with Crippen LogP contribution in [-0.4, -0.2) is 55.6 Å². The Balaban J connectivity index is 1.53. The Morgan fingerprint density at radius 3 is 2.32 bits per heavy atom. The molecule has 12 heteroatoms. The second kappa shape index (κ2) is 8.62. The minimum absolute atomic E-state index is 0.0192. The molecule has 0 atom stereocenters. The van der Waals surface area contributed by atoms with E-state index in [1.807, 2.05) is 6.92 Å². The molecule has 2 aromatic rings. The maximum atomic E-state index is 12.4. The Bertz CT molecular complexity index is 1180. The summed E-state index contributed by atoms with van der Waals surface area (Å²) >= 11 is 0. The number of benzene rings is 2. The number of nitrogens with zero attached hydrogens (tertiary/aromatic N) is 2. The number of nitro benzene ring substituents is 1. The van der Waals surface area contributed by atoms with Gasteiger partial charge in [0, 0.05) is 25.2 Å². The Labute approximate surface area is 177 Å². The molecule has 0 saturated heterocycles. The van der Waals surface area contributed by atoms with Gasteiger partial charge in [-0.2, -0.15) is 0 Å². The molecule has 1 heterocycles. The number of aryl methyl sites for hydroxylation is 1. The van der Waals surface area contributed by atoms with Gasteiger partial charge in [-0.3, -0.25) is 29.4 Å². The summed E-state index contributed by atoms with van der Waals surface area (Å²) in [7, 11) is -3.74. The lowest BCUT2D eigenvalue weighted by atomic mass is 10.1. The van der Waals surface area contributed by atoms with E-state index in [2.05, 4.69) is 10.0 Å². The van der Waals surface area contributed by atoms with Crippen molar-refractivity contribution in [1.82, 2.24) is 14.9 Å². The Morgan fingerprint density at radius 2 is 1.68 bits per heavy atom. The van der Waals surface area contributed by atoms with Gasteiger partial charge in [-0.25, -0.2) is 13.1 Å². The van der Waals surface area contributed by atoms with Crippen LogP contribution in [0, 0.1) is 17.0 Å². The number of hydrogen-bond acceptors (Lipinski definition) is 7. The Morgan fingerprint density at radius 1 is 1.03 bits per heavy atom. The maximum absolute atomic E-state index is 12.4. The van der Waals surface area contributed by atoms with Crippen LogP contribution in [-0.2, 0) is 14.8 Å². The lowest BCUT2D eigenvalue weighted by molar-refractivity contribution is -0.384. The van der Waals surface area contributed by atoms with Crippen molar-refractivity contribution in [2.75, 3.05) is 19.6 Å². The number of nitrogens with one attached hydrogen (secondary N) is 2. The quantitative estimate of drug-likeness (QED) is 0.260. The van der Waals surface area contributed by atoms with Gasteiger partial charge in [0.05, 0.1) is 20.9 Å². The fourth-order valence-electron chi connectivity index (χ4n) is 2.92. The first kappa shape index (κ1) is 22.1. The summed E-state index contributed by atoms with van der Waals surface area (Å²) in [5.41, 5.74) is 0.410. The van der Waals surface area contributed by atoms with E-state index in [1.54, 1.807) is 12.1 Å². The number of imide groups is 1. The molecule has 2 aromatic carbocycles. The number of sulfonamides is 1. The lowest BCUT2D eigenvalue weighted by Crippen LogP contribution is -2.42. The number of hydrogen-bond donors (Lipinski definition) is 2. The van der Waals surface area contributed by atoms with E-state index < -0.39 is 39.2 Å². The molecule has 3 rings (SSSR count). The molecule has 0 bridgehead atoms. The molecular weight excluding hydrogens is 428 g/mol. The molecule has 31 heavy (non-hydrogen) atoms.